The minimum atomic E-state index is -1.11. The van der Waals surface area contributed by atoms with Gasteiger partial charge in [0, 0.05) is 42.5 Å². The molecule has 2 aliphatic heterocycles. The van der Waals surface area contributed by atoms with Crippen molar-refractivity contribution in [3.63, 3.8) is 0 Å². The molecule has 43 heavy (non-hydrogen) atoms. The van der Waals surface area contributed by atoms with Gasteiger partial charge in [-0.15, -0.1) is 0 Å². The fourth-order valence-corrected chi connectivity index (χ4v) is 5.61. The van der Waals surface area contributed by atoms with Gasteiger partial charge in [0.2, 0.25) is 5.91 Å². The number of amides is 2. The first kappa shape index (κ1) is 28.2. The van der Waals surface area contributed by atoms with Crippen LogP contribution in [0.15, 0.2) is 97.1 Å². The maximum absolute atomic E-state index is 14.0. The van der Waals surface area contributed by atoms with E-state index in [1.165, 1.54) is 24.3 Å². The average molecular weight is 599 g/mol. The Labute approximate surface area is 252 Å². The number of benzene rings is 4. The van der Waals surface area contributed by atoms with Gasteiger partial charge in [0.05, 0.1) is 22.3 Å². The predicted molar refractivity (Wildman–Crippen MR) is 162 cm³/mol. The summed E-state index contributed by atoms with van der Waals surface area (Å²) >= 11 is 6.26. The summed E-state index contributed by atoms with van der Waals surface area (Å²) < 4.78 is 5.96. The summed E-state index contributed by atoms with van der Waals surface area (Å²) in [5.41, 5.74) is 3.08. The van der Waals surface area contributed by atoms with Gasteiger partial charge in [-0.2, -0.15) is 0 Å². The number of hydrogen-bond acceptors (Lipinski definition) is 8. The van der Waals surface area contributed by atoms with Gasteiger partial charge in [-0.05, 0) is 48.0 Å². The van der Waals surface area contributed by atoms with Crippen LogP contribution in [-0.2, 0) is 21.0 Å². The fraction of sp³-hybridized carbons (Fsp3) is 0.188. The van der Waals surface area contributed by atoms with E-state index < -0.39 is 34.8 Å². The molecule has 2 fully saturated rings. The summed E-state index contributed by atoms with van der Waals surface area (Å²) in [5, 5.41) is 13.6. The van der Waals surface area contributed by atoms with Crippen molar-refractivity contribution in [2.75, 3.05) is 29.0 Å². The van der Waals surface area contributed by atoms with Crippen LogP contribution in [0.25, 0.3) is 0 Å². The number of nitro groups is 1. The molecular weight excluding hydrogens is 572 g/mol. The highest BCUT2D eigenvalue weighted by molar-refractivity contribution is 6.31. The number of nitro benzene ring substituents is 1. The first-order valence-corrected chi connectivity index (χ1v) is 13.9. The van der Waals surface area contributed by atoms with Crippen LogP contribution >= 0.6 is 11.6 Å². The molecule has 2 saturated heterocycles. The number of anilines is 3. The van der Waals surface area contributed by atoms with Crippen LogP contribution in [0.3, 0.4) is 0 Å². The van der Waals surface area contributed by atoms with E-state index in [0.29, 0.717) is 16.5 Å². The van der Waals surface area contributed by atoms with E-state index in [9.17, 15) is 19.7 Å². The number of ether oxygens (including phenoxy) is 1. The second-order valence-corrected chi connectivity index (χ2v) is 10.9. The zero-order chi connectivity index (χ0) is 30.2. The number of carbonyl (C=O) groups excluding carboxylic acids is 2. The second-order valence-electron chi connectivity index (χ2n) is 10.5. The topological polar surface area (TPSA) is 105 Å². The fourth-order valence-electron chi connectivity index (χ4n) is 5.42. The standard InChI is InChI=1S/C32H27ClN4O6/c1-34(2)22-8-5-10-24(17-22)36-29(20-13-15-26(16-14-20)42-19-21-7-3-4-12-27(21)33)28-30(43-36)32(39)35(31(28)38)23-9-6-11-25(18-23)37(40)41/h3-18,28-30H,19H2,1-2H3. The summed E-state index contributed by atoms with van der Waals surface area (Å²) in [6, 6.07) is 27.1. The van der Waals surface area contributed by atoms with Crippen LogP contribution in [0, 0.1) is 16.0 Å². The molecule has 3 atom stereocenters. The van der Waals surface area contributed by atoms with Crippen molar-refractivity contribution in [3.05, 3.63) is 123 Å². The Morgan fingerprint density at radius 3 is 2.35 bits per heavy atom. The van der Waals surface area contributed by atoms with Crippen LogP contribution in [-0.4, -0.2) is 36.9 Å². The van der Waals surface area contributed by atoms with Crippen molar-refractivity contribution in [2.24, 2.45) is 5.92 Å². The molecule has 0 saturated carbocycles. The second kappa shape index (κ2) is 11.4. The normalized spacial score (nSPS) is 19.5. The number of non-ortho nitro benzene ring substituents is 1. The molecule has 0 bridgehead atoms. The lowest BCUT2D eigenvalue weighted by atomic mass is 9.90. The highest BCUT2D eigenvalue weighted by Gasteiger charge is 2.60. The number of imide groups is 1. The summed E-state index contributed by atoms with van der Waals surface area (Å²) in [6.07, 6.45) is -1.11. The van der Waals surface area contributed by atoms with Crippen LogP contribution < -0.4 is 19.6 Å². The highest BCUT2D eigenvalue weighted by atomic mass is 35.5. The van der Waals surface area contributed by atoms with Crippen molar-refractivity contribution in [1.29, 1.82) is 0 Å². The van der Waals surface area contributed by atoms with Crippen molar-refractivity contribution in [3.8, 4) is 5.75 Å². The first-order chi connectivity index (χ1) is 20.7. The molecule has 2 amide bonds. The van der Waals surface area contributed by atoms with Gasteiger partial charge in [-0.25, -0.2) is 9.96 Å². The number of nitrogens with zero attached hydrogens (tertiary/aromatic N) is 4. The molecule has 10 nitrogen and oxygen atoms in total. The largest absolute Gasteiger partial charge is 0.489 e. The quantitative estimate of drug-likeness (QED) is 0.139. The maximum Gasteiger partial charge on any atom is 0.271 e. The van der Waals surface area contributed by atoms with Crippen molar-refractivity contribution in [2.45, 2.75) is 18.8 Å². The zero-order valence-corrected chi connectivity index (χ0v) is 24.0. The van der Waals surface area contributed by atoms with Crippen molar-refractivity contribution < 1.29 is 24.1 Å². The lowest BCUT2D eigenvalue weighted by Crippen LogP contribution is -2.37. The Hall–Kier alpha value is -4.93. The molecule has 2 aliphatic rings. The number of fused-ring (bicyclic) bond motifs is 1. The van der Waals surface area contributed by atoms with E-state index in [-0.39, 0.29) is 18.0 Å². The molecule has 4 aromatic rings. The minimum Gasteiger partial charge on any atom is -0.489 e. The molecule has 0 N–H and O–H groups in total. The first-order valence-electron chi connectivity index (χ1n) is 13.5. The smallest absolute Gasteiger partial charge is 0.271 e. The maximum atomic E-state index is 14.0. The zero-order valence-electron chi connectivity index (χ0n) is 23.3. The number of halogens is 1. The SMILES string of the molecule is CN(C)c1cccc(N2OC3C(=O)N(c4cccc([N+](=O)[O-])c4)C(=O)C3C2c2ccc(OCc3ccccc3Cl)cc2)c1. The van der Waals surface area contributed by atoms with E-state index in [1.54, 1.807) is 23.3 Å². The molecule has 6 rings (SSSR count). The molecule has 0 radical (unpaired) electrons. The molecule has 4 aromatic carbocycles. The van der Waals surface area contributed by atoms with E-state index >= 15 is 0 Å². The molecule has 11 heteroatoms. The van der Waals surface area contributed by atoms with Gasteiger partial charge in [0.1, 0.15) is 18.3 Å². The van der Waals surface area contributed by atoms with E-state index in [2.05, 4.69) is 0 Å². The van der Waals surface area contributed by atoms with E-state index in [1.807, 2.05) is 73.6 Å². The lowest BCUT2D eigenvalue weighted by molar-refractivity contribution is -0.384. The van der Waals surface area contributed by atoms with Gasteiger partial charge in [-0.1, -0.05) is 54.1 Å². The summed E-state index contributed by atoms with van der Waals surface area (Å²) in [4.78, 5) is 47.6. The molecule has 218 valence electrons. The van der Waals surface area contributed by atoms with Gasteiger partial charge >= 0.3 is 0 Å². The number of hydroxylamine groups is 1. The van der Waals surface area contributed by atoms with Gasteiger partial charge < -0.3 is 9.64 Å². The van der Waals surface area contributed by atoms with Crippen molar-refractivity contribution in [1.82, 2.24) is 0 Å². The number of carbonyl (C=O) groups is 2. The molecule has 0 aliphatic carbocycles. The molecule has 3 unspecified atom stereocenters. The summed E-state index contributed by atoms with van der Waals surface area (Å²) in [6.45, 7) is 0.283. The molecule has 0 aromatic heterocycles. The van der Waals surface area contributed by atoms with Gasteiger partial charge in [0.15, 0.2) is 6.10 Å². The molecule has 2 heterocycles. The Kier molecular flexibility index (Phi) is 7.47. The Bertz CT molecular complexity index is 1710. The van der Waals surface area contributed by atoms with Crippen molar-refractivity contribution >= 4 is 46.2 Å². The Morgan fingerprint density at radius 2 is 1.63 bits per heavy atom. The summed E-state index contributed by atoms with van der Waals surface area (Å²) in [7, 11) is 3.84. The number of hydrogen-bond donors (Lipinski definition) is 0. The lowest BCUT2D eigenvalue weighted by Gasteiger charge is -2.29. The molecular formula is C32H27ClN4O6. The number of rotatable bonds is 8. The highest BCUT2D eigenvalue weighted by Crippen LogP contribution is 2.48. The third-order valence-electron chi connectivity index (χ3n) is 7.59. The van der Waals surface area contributed by atoms with Crippen LogP contribution in [0.4, 0.5) is 22.7 Å². The minimum absolute atomic E-state index is 0.130. The van der Waals surface area contributed by atoms with Gasteiger partial charge in [0.25, 0.3) is 11.6 Å². The van der Waals surface area contributed by atoms with Crippen LogP contribution in [0.1, 0.15) is 17.2 Å². The van der Waals surface area contributed by atoms with Crippen LogP contribution in [0.5, 0.6) is 5.75 Å². The predicted octanol–water partition coefficient (Wildman–Crippen LogP) is 5.94. The monoisotopic (exact) mass is 598 g/mol. The van der Waals surface area contributed by atoms with Crippen LogP contribution in [0.2, 0.25) is 5.02 Å². The van der Waals surface area contributed by atoms with E-state index in [0.717, 1.165) is 21.7 Å². The molecule has 0 spiro atoms. The summed E-state index contributed by atoms with van der Waals surface area (Å²) in [5.74, 6) is -1.37. The Morgan fingerprint density at radius 1 is 0.907 bits per heavy atom. The third kappa shape index (κ3) is 5.26. The Balaban J connectivity index is 1.34. The van der Waals surface area contributed by atoms with Gasteiger partial charge in [-0.3, -0.25) is 24.5 Å². The average Bonchev–Trinajstić information content (AvgIpc) is 3.52. The third-order valence-corrected chi connectivity index (χ3v) is 7.96. The van der Waals surface area contributed by atoms with E-state index in [4.69, 9.17) is 21.2 Å².